The van der Waals surface area contributed by atoms with Crippen molar-refractivity contribution in [2.24, 2.45) is 4.99 Å². The van der Waals surface area contributed by atoms with E-state index in [1.165, 1.54) is 0 Å². The number of rotatable bonds is 5. The molecule has 5 heteroatoms. The second-order valence-corrected chi connectivity index (χ2v) is 3.62. The summed E-state index contributed by atoms with van der Waals surface area (Å²) in [4.78, 5) is 20.4. The maximum absolute atomic E-state index is 4.44. The van der Waals surface area contributed by atoms with Crippen LogP contribution < -0.4 is 0 Å². The first kappa shape index (κ1) is 12.8. The Morgan fingerprint density at radius 2 is 2.11 bits per heavy atom. The first-order valence-corrected chi connectivity index (χ1v) is 5.76. The van der Waals surface area contributed by atoms with Crippen LogP contribution in [0.25, 0.3) is 11.5 Å². The Kier molecular flexibility index (Phi) is 4.64. The molecule has 2 aromatic heterocycles. The van der Waals surface area contributed by atoms with Crippen LogP contribution >= 0.6 is 0 Å². The summed E-state index contributed by atoms with van der Waals surface area (Å²) in [6.45, 7) is 3.36. The van der Waals surface area contributed by atoms with Crippen molar-refractivity contribution in [1.82, 2.24) is 19.9 Å². The van der Waals surface area contributed by atoms with Crippen LogP contribution in [0, 0.1) is 0 Å². The van der Waals surface area contributed by atoms with Crippen LogP contribution in [0.3, 0.4) is 0 Å². The SMILES string of the molecule is C=N/C=C\C=C/Cc1ccnc(-c2cnccn2)n1. The molecule has 5 nitrogen and oxygen atoms in total. The van der Waals surface area contributed by atoms with E-state index >= 15 is 0 Å². The molecule has 0 saturated carbocycles. The Balaban J connectivity index is 2.10. The van der Waals surface area contributed by atoms with E-state index in [1.54, 1.807) is 31.0 Å². The van der Waals surface area contributed by atoms with E-state index in [1.807, 2.05) is 24.3 Å². The van der Waals surface area contributed by atoms with Crippen LogP contribution in [0.2, 0.25) is 0 Å². The van der Waals surface area contributed by atoms with Gasteiger partial charge in [0.15, 0.2) is 5.82 Å². The molecule has 2 heterocycles. The van der Waals surface area contributed by atoms with Crippen molar-refractivity contribution >= 4 is 6.72 Å². The molecule has 0 aliphatic rings. The summed E-state index contributed by atoms with van der Waals surface area (Å²) < 4.78 is 0. The van der Waals surface area contributed by atoms with E-state index in [-0.39, 0.29) is 0 Å². The molecule has 2 aromatic rings. The van der Waals surface area contributed by atoms with Gasteiger partial charge in [-0.1, -0.05) is 12.2 Å². The van der Waals surface area contributed by atoms with Crippen molar-refractivity contribution in [2.45, 2.75) is 6.42 Å². The third-order valence-corrected chi connectivity index (χ3v) is 2.27. The summed E-state index contributed by atoms with van der Waals surface area (Å²) >= 11 is 0. The minimum absolute atomic E-state index is 0.585. The molecule has 0 amide bonds. The van der Waals surface area contributed by atoms with Crippen LogP contribution in [-0.4, -0.2) is 26.7 Å². The molecule has 0 atom stereocenters. The molecule has 0 aliphatic heterocycles. The number of hydrogen-bond acceptors (Lipinski definition) is 5. The number of hydrogen-bond donors (Lipinski definition) is 0. The zero-order chi connectivity index (χ0) is 13.3. The third kappa shape index (κ3) is 3.92. The monoisotopic (exact) mass is 251 g/mol. The summed E-state index contributed by atoms with van der Waals surface area (Å²) in [6.07, 6.45) is 14.7. The first-order chi connectivity index (χ1) is 9.40. The van der Waals surface area contributed by atoms with Gasteiger partial charge in [0.25, 0.3) is 0 Å². The number of aliphatic imine (C=N–C) groups is 1. The first-order valence-electron chi connectivity index (χ1n) is 5.76. The summed E-state index contributed by atoms with van der Waals surface area (Å²) in [5, 5.41) is 0. The van der Waals surface area contributed by atoms with Gasteiger partial charge in [-0.2, -0.15) is 0 Å². The highest BCUT2D eigenvalue weighted by atomic mass is 14.9. The van der Waals surface area contributed by atoms with Crippen LogP contribution in [0.1, 0.15) is 5.69 Å². The van der Waals surface area contributed by atoms with Crippen molar-refractivity contribution in [1.29, 1.82) is 0 Å². The average molecular weight is 251 g/mol. The van der Waals surface area contributed by atoms with Gasteiger partial charge in [0.2, 0.25) is 0 Å². The Bertz CT molecular complexity index is 590. The molecule has 94 valence electrons. The molecule has 0 fully saturated rings. The molecular formula is C14H13N5. The number of nitrogens with zero attached hydrogens (tertiary/aromatic N) is 5. The van der Waals surface area contributed by atoms with Gasteiger partial charge in [-0.25, -0.2) is 15.0 Å². The Morgan fingerprint density at radius 1 is 1.16 bits per heavy atom. The standard InChI is InChI=1S/C14H13N5/c1-15-7-4-2-3-5-12-6-8-18-14(19-12)13-11-16-9-10-17-13/h2-4,6-11H,1,5H2/b3-2-,7-4-. The molecule has 0 N–H and O–H groups in total. The largest absolute Gasteiger partial charge is 0.273 e. The lowest BCUT2D eigenvalue weighted by Crippen LogP contribution is -1.95. The van der Waals surface area contributed by atoms with Gasteiger partial charge in [-0.05, 0) is 18.9 Å². The van der Waals surface area contributed by atoms with Gasteiger partial charge in [-0.15, -0.1) is 0 Å². The lowest BCUT2D eigenvalue weighted by atomic mass is 10.2. The van der Waals surface area contributed by atoms with Gasteiger partial charge in [0.05, 0.1) is 6.20 Å². The topological polar surface area (TPSA) is 63.9 Å². The van der Waals surface area contributed by atoms with E-state index in [9.17, 15) is 0 Å². The molecular weight excluding hydrogens is 238 g/mol. The number of aromatic nitrogens is 4. The zero-order valence-corrected chi connectivity index (χ0v) is 10.3. The fourth-order valence-corrected chi connectivity index (χ4v) is 1.43. The highest BCUT2D eigenvalue weighted by Crippen LogP contribution is 2.09. The fraction of sp³-hybridized carbons (Fsp3) is 0.0714. The van der Waals surface area contributed by atoms with Gasteiger partial charge in [0, 0.05) is 36.9 Å². The van der Waals surface area contributed by atoms with E-state index < -0.39 is 0 Å². The van der Waals surface area contributed by atoms with E-state index in [2.05, 4.69) is 31.6 Å². The van der Waals surface area contributed by atoms with Gasteiger partial charge in [-0.3, -0.25) is 9.98 Å². The Hall–Kier alpha value is -2.69. The molecule has 0 saturated heterocycles. The number of allylic oxidation sites excluding steroid dienone is 3. The molecule has 19 heavy (non-hydrogen) atoms. The summed E-state index contributed by atoms with van der Waals surface area (Å²) in [7, 11) is 0. The zero-order valence-electron chi connectivity index (χ0n) is 10.3. The summed E-state index contributed by atoms with van der Waals surface area (Å²) in [5.74, 6) is 0.585. The maximum Gasteiger partial charge on any atom is 0.179 e. The van der Waals surface area contributed by atoms with E-state index in [4.69, 9.17) is 0 Å². The molecule has 2 rings (SSSR count). The summed E-state index contributed by atoms with van der Waals surface area (Å²) in [5.41, 5.74) is 1.59. The fourth-order valence-electron chi connectivity index (χ4n) is 1.43. The highest BCUT2D eigenvalue weighted by Gasteiger charge is 2.02. The van der Waals surface area contributed by atoms with E-state index in [0.29, 0.717) is 11.5 Å². The van der Waals surface area contributed by atoms with E-state index in [0.717, 1.165) is 12.1 Å². The van der Waals surface area contributed by atoms with Crippen LogP contribution in [0.15, 0.2) is 60.3 Å². The Morgan fingerprint density at radius 3 is 2.89 bits per heavy atom. The molecule has 0 aliphatic carbocycles. The van der Waals surface area contributed by atoms with Gasteiger partial charge < -0.3 is 0 Å². The minimum atomic E-state index is 0.585. The van der Waals surface area contributed by atoms with Crippen molar-refractivity contribution in [2.75, 3.05) is 0 Å². The van der Waals surface area contributed by atoms with Crippen LogP contribution in [-0.2, 0) is 6.42 Å². The van der Waals surface area contributed by atoms with Crippen molar-refractivity contribution in [3.8, 4) is 11.5 Å². The molecule has 0 spiro atoms. The molecule has 0 unspecified atom stereocenters. The second-order valence-electron chi connectivity index (χ2n) is 3.62. The highest BCUT2D eigenvalue weighted by molar-refractivity contribution is 5.46. The predicted molar refractivity (Wildman–Crippen MR) is 74.6 cm³/mol. The molecule has 0 radical (unpaired) electrons. The lowest BCUT2D eigenvalue weighted by Gasteiger charge is -2.00. The van der Waals surface area contributed by atoms with Crippen molar-refractivity contribution < 1.29 is 0 Å². The maximum atomic E-state index is 4.44. The third-order valence-electron chi connectivity index (χ3n) is 2.27. The molecule has 0 aromatic carbocycles. The predicted octanol–water partition coefficient (Wildman–Crippen LogP) is 2.25. The quantitative estimate of drug-likeness (QED) is 0.604. The van der Waals surface area contributed by atoms with Crippen LogP contribution in [0.5, 0.6) is 0 Å². The Labute approximate surface area is 111 Å². The minimum Gasteiger partial charge on any atom is -0.273 e. The molecule has 0 bridgehead atoms. The average Bonchev–Trinajstić information content (AvgIpc) is 2.48. The smallest absolute Gasteiger partial charge is 0.179 e. The normalized spacial score (nSPS) is 11.2. The second kappa shape index (κ2) is 6.90. The lowest BCUT2D eigenvalue weighted by molar-refractivity contribution is 1.04. The van der Waals surface area contributed by atoms with Gasteiger partial charge >= 0.3 is 0 Å². The van der Waals surface area contributed by atoms with Crippen molar-refractivity contribution in [3.63, 3.8) is 0 Å². The van der Waals surface area contributed by atoms with Gasteiger partial charge in [0.1, 0.15) is 5.69 Å². The van der Waals surface area contributed by atoms with Crippen molar-refractivity contribution in [3.05, 3.63) is 61.0 Å². The van der Waals surface area contributed by atoms with Crippen LogP contribution in [0.4, 0.5) is 0 Å². The summed E-state index contributed by atoms with van der Waals surface area (Å²) in [6, 6.07) is 1.87.